The van der Waals surface area contributed by atoms with Crippen molar-refractivity contribution in [3.63, 3.8) is 0 Å². The van der Waals surface area contributed by atoms with Crippen LogP contribution in [0.3, 0.4) is 0 Å². The van der Waals surface area contributed by atoms with Gasteiger partial charge in [0.05, 0.1) is 40.0 Å². The lowest BCUT2D eigenvalue weighted by Crippen LogP contribution is -2.49. The number of hydrogen-bond donors (Lipinski definition) is 2. The van der Waals surface area contributed by atoms with Crippen molar-refractivity contribution < 1.29 is 33.6 Å². The molecule has 2 N–H and O–H groups in total. The van der Waals surface area contributed by atoms with Crippen LogP contribution in [0.1, 0.15) is 34.8 Å². The van der Waals surface area contributed by atoms with Gasteiger partial charge in [-0.15, -0.1) is 0 Å². The third-order valence-corrected chi connectivity index (χ3v) is 9.20. The lowest BCUT2D eigenvalue weighted by atomic mass is 9.81. The van der Waals surface area contributed by atoms with Gasteiger partial charge in [-0.3, -0.25) is 4.79 Å². The zero-order valence-electron chi connectivity index (χ0n) is 30.3. The second-order valence-electron chi connectivity index (χ2n) is 12.5. The average Bonchev–Trinajstić information content (AvgIpc) is 3.61. The van der Waals surface area contributed by atoms with Crippen LogP contribution in [0, 0.1) is 0 Å². The summed E-state index contributed by atoms with van der Waals surface area (Å²) in [5, 5.41) is 16.2. The average molecular weight is 728 g/mol. The fourth-order valence-corrected chi connectivity index (χ4v) is 6.43. The number of benzene rings is 5. The number of azide groups is 1. The molecule has 0 saturated carbocycles. The van der Waals surface area contributed by atoms with E-state index in [0.29, 0.717) is 64.0 Å². The fraction of sp³-hybridized carbons (Fsp3) is 0.238. The lowest BCUT2D eigenvalue weighted by Gasteiger charge is -2.31. The van der Waals surface area contributed by atoms with Crippen LogP contribution in [0.5, 0.6) is 23.0 Å². The summed E-state index contributed by atoms with van der Waals surface area (Å²) >= 11 is 0. The predicted octanol–water partition coefficient (Wildman–Crippen LogP) is 7.90. The Bertz CT molecular complexity index is 2110. The first-order valence-electron chi connectivity index (χ1n) is 17.4. The highest BCUT2D eigenvalue weighted by atomic mass is 16.5. The van der Waals surface area contributed by atoms with Gasteiger partial charge in [-0.2, -0.15) is 0 Å². The maximum absolute atomic E-state index is 15.0. The maximum atomic E-state index is 15.0. The molecule has 0 saturated heterocycles. The van der Waals surface area contributed by atoms with Gasteiger partial charge in [0.1, 0.15) is 23.0 Å². The van der Waals surface area contributed by atoms with E-state index in [0.717, 1.165) is 11.1 Å². The summed E-state index contributed by atoms with van der Waals surface area (Å²) in [6.45, 7) is 0.423. The van der Waals surface area contributed by atoms with E-state index < -0.39 is 17.6 Å². The minimum atomic E-state index is -1.59. The molecule has 12 nitrogen and oxygen atoms in total. The van der Waals surface area contributed by atoms with E-state index in [-0.39, 0.29) is 25.5 Å². The SMILES string of the molecule is COc1cc(OC)c(CNC(=O)[C@]2(Cc3ccccc3N=[N+]=[N-])N=C(c3ccc(OCCCO)cc3)O[C@@H]2c2ccc(-c3ccccc3)cc2)c(OC)c1. The number of methoxy groups -OCH3 is 3. The van der Waals surface area contributed by atoms with E-state index in [1.165, 1.54) is 14.2 Å². The standard InChI is InChI=1S/C42H41N5O7/c1-50-34-24-37(51-2)35(38(25-34)52-3)27-44-41(49)42(26-32-12-7-8-13-36(32)46-47-43)39(30-16-14-29(15-17-30)28-10-5-4-6-11-28)54-40(45-42)31-18-20-33(21-19-31)53-23-9-22-48/h4-8,10-21,24-25,39,48H,9,22-23,26-27H2,1-3H3,(H,44,49)/t39-,42-/m1/s1. The molecule has 54 heavy (non-hydrogen) atoms. The van der Waals surface area contributed by atoms with Gasteiger partial charge < -0.3 is 34.1 Å². The van der Waals surface area contributed by atoms with Crippen molar-refractivity contribution in [2.45, 2.75) is 31.0 Å². The number of carbonyl (C=O) groups is 1. The Morgan fingerprint density at radius 2 is 1.50 bits per heavy atom. The van der Waals surface area contributed by atoms with Crippen LogP contribution in [0.2, 0.25) is 0 Å². The molecule has 0 fully saturated rings. The first kappa shape index (κ1) is 37.3. The van der Waals surface area contributed by atoms with Crippen molar-refractivity contribution in [3.8, 4) is 34.1 Å². The highest BCUT2D eigenvalue weighted by molar-refractivity contribution is 6.01. The van der Waals surface area contributed by atoms with Crippen LogP contribution in [-0.4, -0.2) is 57.0 Å². The van der Waals surface area contributed by atoms with Crippen LogP contribution >= 0.6 is 0 Å². The van der Waals surface area contributed by atoms with Gasteiger partial charge in [0.25, 0.3) is 5.91 Å². The van der Waals surface area contributed by atoms with Crippen LogP contribution < -0.4 is 24.3 Å². The first-order chi connectivity index (χ1) is 26.4. The topological polar surface area (TPSA) is 157 Å². The van der Waals surface area contributed by atoms with E-state index in [1.807, 2.05) is 78.9 Å². The molecule has 0 aromatic heterocycles. The molecule has 5 aromatic rings. The van der Waals surface area contributed by atoms with E-state index in [4.69, 9.17) is 33.8 Å². The van der Waals surface area contributed by atoms with E-state index in [9.17, 15) is 5.53 Å². The van der Waals surface area contributed by atoms with Gasteiger partial charge in [0, 0.05) is 47.7 Å². The summed E-state index contributed by atoms with van der Waals surface area (Å²) in [7, 11) is 4.62. The van der Waals surface area contributed by atoms with Gasteiger partial charge >= 0.3 is 0 Å². The number of aliphatic imine (C=N–C) groups is 1. The maximum Gasteiger partial charge on any atom is 0.252 e. The number of nitrogens with one attached hydrogen (secondary N) is 1. The summed E-state index contributed by atoms with van der Waals surface area (Å²) in [4.78, 5) is 23.2. The quantitative estimate of drug-likeness (QED) is 0.0453. The van der Waals surface area contributed by atoms with Gasteiger partial charge in [-0.05, 0) is 52.1 Å². The van der Waals surface area contributed by atoms with Crippen molar-refractivity contribution in [1.29, 1.82) is 0 Å². The minimum absolute atomic E-state index is 0.0271. The Morgan fingerprint density at radius 3 is 2.15 bits per heavy atom. The molecular formula is C42H41N5O7. The number of nitrogens with zero attached hydrogens (tertiary/aromatic N) is 4. The number of carbonyl (C=O) groups excluding carboxylic acids is 1. The predicted molar refractivity (Wildman–Crippen MR) is 206 cm³/mol. The monoisotopic (exact) mass is 727 g/mol. The first-order valence-corrected chi connectivity index (χ1v) is 17.4. The highest BCUT2D eigenvalue weighted by Gasteiger charge is 2.53. The molecule has 2 atom stereocenters. The minimum Gasteiger partial charge on any atom is -0.496 e. The van der Waals surface area contributed by atoms with Gasteiger partial charge in [0.15, 0.2) is 11.6 Å². The Kier molecular flexibility index (Phi) is 12.0. The van der Waals surface area contributed by atoms with Gasteiger partial charge in [0.2, 0.25) is 5.90 Å². The van der Waals surface area contributed by atoms with Crippen LogP contribution in [-0.2, 0) is 22.5 Å². The number of aliphatic hydroxyl groups is 1. The van der Waals surface area contributed by atoms with Crippen LogP contribution in [0.15, 0.2) is 125 Å². The molecule has 276 valence electrons. The fourth-order valence-electron chi connectivity index (χ4n) is 6.43. The molecule has 1 aliphatic heterocycles. The Balaban J connectivity index is 1.46. The van der Waals surface area contributed by atoms with Crippen LogP contribution in [0.4, 0.5) is 5.69 Å². The number of aliphatic hydroxyl groups excluding tert-OH is 1. The third kappa shape index (κ3) is 8.10. The van der Waals surface area contributed by atoms with Crippen molar-refractivity contribution >= 4 is 17.5 Å². The molecule has 5 aromatic carbocycles. The summed E-state index contributed by atoms with van der Waals surface area (Å²) in [6.07, 6.45) is -0.371. The van der Waals surface area contributed by atoms with Crippen molar-refractivity contribution in [2.24, 2.45) is 10.1 Å². The zero-order valence-corrected chi connectivity index (χ0v) is 30.3. The Labute approximate surface area is 313 Å². The third-order valence-electron chi connectivity index (χ3n) is 9.20. The van der Waals surface area contributed by atoms with E-state index in [2.05, 4.69) is 15.3 Å². The number of hydrogen-bond acceptors (Lipinski definition) is 9. The van der Waals surface area contributed by atoms with Gasteiger partial charge in [-0.25, -0.2) is 4.99 Å². The van der Waals surface area contributed by atoms with Crippen molar-refractivity contribution in [2.75, 3.05) is 34.5 Å². The van der Waals surface area contributed by atoms with Crippen molar-refractivity contribution in [3.05, 3.63) is 148 Å². The van der Waals surface area contributed by atoms with Crippen LogP contribution in [0.25, 0.3) is 21.6 Å². The molecule has 6 rings (SSSR count). The molecule has 1 amide bonds. The summed E-state index contributed by atoms with van der Waals surface area (Å²) in [5.74, 6) is 1.91. The molecule has 1 aliphatic rings. The zero-order chi connectivity index (χ0) is 37.9. The highest BCUT2D eigenvalue weighted by Crippen LogP contribution is 2.44. The normalized spacial score (nSPS) is 16.0. The summed E-state index contributed by atoms with van der Waals surface area (Å²) in [6, 6.07) is 35.7. The molecule has 0 unspecified atom stereocenters. The Morgan fingerprint density at radius 1 is 0.852 bits per heavy atom. The second-order valence-corrected chi connectivity index (χ2v) is 12.5. The molecule has 0 radical (unpaired) electrons. The van der Waals surface area contributed by atoms with E-state index in [1.54, 1.807) is 43.5 Å². The molecule has 0 bridgehead atoms. The molecule has 12 heteroatoms. The molecule has 0 spiro atoms. The molecule has 1 heterocycles. The summed E-state index contributed by atoms with van der Waals surface area (Å²) in [5.41, 5.74) is 12.8. The lowest BCUT2D eigenvalue weighted by molar-refractivity contribution is -0.129. The Hall–Kier alpha value is -6.49. The largest absolute Gasteiger partial charge is 0.496 e. The second kappa shape index (κ2) is 17.4. The smallest absolute Gasteiger partial charge is 0.252 e. The molecule has 0 aliphatic carbocycles. The van der Waals surface area contributed by atoms with Crippen molar-refractivity contribution in [1.82, 2.24) is 5.32 Å². The van der Waals surface area contributed by atoms with E-state index >= 15 is 4.79 Å². The number of amides is 1. The number of rotatable bonds is 16. The van der Waals surface area contributed by atoms with Gasteiger partial charge in [-0.1, -0.05) is 84.0 Å². The summed E-state index contributed by atoms with van der Waals surface area (Å²) < 4.78 is 29.3. The number of ether oxygens (including phenoxy) is 5. The molecular weight excluding hydrogens is 686 g/mol.